The highest BCUT2D eigenvalue weighted by atomic mass is 35.5. The van der Waals surface area contributed by atoms with Gasteiger partial charge in [0.2, 0.25) is 0 Å². The lowest BCUT2D eigenvalue weighted by atomic mass is 10.2. The lowest BCUT2D eigenvalue weighted by Crippen LogP contribution is -2.48. The van der Waals surface area contributed by atoms with Crippen LogP contribution in [0.5, 0.6) is 0 Å². The second kappa shape index (κ2) is 6.06. The van der Waals surface area contributed by atoms with Gasteiger partial charge in [-0.05, 0) is 32.0 Å². The van der Waals surface area contributed by atoms with E-state index in [0.717, 1.165) is 5.69 Å². The van der Waals surface area contributed by atoms with E-state index in [4.69, 9.17) is 16.3 Å². The molecule has 0 unspecified atom stereocenters. The summed E-state index contributed by atoms with van der Waals surface area (Å²) in [6.45, 7) is 5.04. The van der Waals surface area contributed by atoms with E-state index in [2.05, 4.69) is 10.3 Å². The van der Waals surface area contributed by atoms with Gasteiger partial charge in [0, 0.05) is 18.1 Å². The average Bonchev–Trinajstić information content (AvgIpc) is 2.95. The number of halogens is 1. The van der Waals surface area contributed by atoms with Crippen molar-refractivity contribution in [3.63, 3.8) is 0 Å². The van der Waals surface area contributed by atoms with Crippen LogP contribution in [0.25, 0.3) is 5.69 Å². The molecule has 3 rings (SSSR count). The van der Waals surface area contributed by atoms with Crippen LogP contribution in [-0.2, 0) is 4.74 Å². The summed E-state index contributed by atoms with van der Waals surface area (Å²) in [4.78, 5) is 14.3. The van der Waals surface area contributed by atoms with E-state index in [9.17, 15) is 4.79 Å². The van der Waals surface area contributed by atoms with Gasteiger partial charge in [-0.1, -0.05) is 22.9 Å². The first-order chi connectivity index (χ1) is 10.5. The van der Waals surface area contributed by atoms with Gasteiger partial charge in [0.15, 0.2) is 5.69 Å². The Morgan fingerprint density at radius 2 is 2.05 bits per heavy atom. The summed E-state index contributed by atoms with van der Waals surface area (Å²) in [5.41, 5.74) is 1.09. The standard InChI is InChI=1S/C15H17ClN4O2/c1-10-7-19(8-11(2)22-10)15(21)14-9-20(18-17-14)13-5-3-4-12(16)6-13/h3-6,9-11H,7-8H2,1-2H3/t10-,11+. The number of hydrogen-bond acceptors (Lipinski definition) is 4. The van der Waals surface area contributed by atoms with Gasteiger partial charge in [-0.3, -0.25) is 4.79 Å². The number of amides is 1. The fraction of sp³-hybridized carbons (Fsp3) is 0.400. The Kier molecular flexibility index (Phi) is 4.13. The van der Waals surface area contributed by atoms with E-state index < -0.39 is 0 Å². The minimum Gasteiger partial charge on any atom is -0.372 e. The number of benzene rings is 1. The van der Waals surface area contributed by atoms with Crippen molar-refractivity contribution in [2.45, 2.75) is 26.1 Å². The maximum Gasteiger partial charge on any atom is 0.276 e. The summed E-state index contributed by atoms with van der Waals surface area (Å²) < 4.78 is 7.19. The normalized spacial score (nSPS) is 21.9. The summed E-state index contributed by atoms with van der Waals surface area (Å²) in [5.74, 6) is -0.129. The molecular formula is C15H17ClN4O2. The molecule has 116 valence electrons. The molecular weight excluding hydrogens is 304 g/mol. The molecule has 2 heterocycles. The Morgan fingerprint density at radius 1 is 1.32 bits per heavy atom. The smallest absolute Gasteiger partial charge is 0.276 e. The molecule has 0 N–H and O–H groups in total. The molecule has 0 bridgehead atoms. The van der Waals surface area contributed by atoms with Crippen molar-refractivity contribution in [3.05, 3.63) is 41.2 Å². The maximum absolute atomic E-state index is 12.5. The monoisotopic (exact) mass is 320 g/mol. The van der Waals surface area contributed by atoms with Gasteiger partial charge in [-0.2, -0.15) is 0 Å². The van der Waals surface area contributed by atoms with Crippen molar-refractivity contribution in [1.29, 1.82) is 0 Å². The number of ether oxygens (including phenoxy) is 1. The van der Waals surface area contributed by atoms with Crippen molar-refractivity contribution < 1.29 is 9.53 Å². The Hall–Kier alpha value is -1.92. The summed E-state index contributed by atoms with van der Waals surface area (Å²) in [7, 11) is 0. The highest BCUT2D eigenvalue weighted by Gasteiger charge is 2.28. The lowest BCUT2D eigenvalue weighted by molar-refractivity contribution is -0.0587. The molecule has 0 spiro atoms. The Balaban J connectivity index is 1.80. The lowest BCUT2D eigenvalue weighted by Gasteiger charge is -2.34. The Labute approximate surface area is 133 Å². The van der Waals surface area contributed by atoms with E-state index in [1.807, 2.05) is 26.0 Å². The van der Waals surface area contributed by atoms with Crippen LogP contribution in [0.3, 0.4) is 0 Å². The number of hydrogen-bond donors (Lipinski definition) is 0. The fourth-order valence-electron chi connectivity index (χ4n) is 2.61. The zero-order chi connectivity index (χ0) is 15.7. The van der Waals surface area contributed by atoms with E-state index in [1.54, 1.807) is 27.9 Å². The van der Waals surface area contributed by atoms with Crippen molar-refractivity contribution in [3.8, 4) is 5.69 Å². The predicted molar refractivity (Wildman–Crippen MR) is 82.3 cm³/mol. The summed E-state index contributed by atoms with van der Waals surface area (Å²) >= 11 is 5.97. The third kappa shape index (κ3) is 3.13. The van der Waals surface area contributed by atoms with Gasteiger partial charge in [-0.25, -0.2) is 4.68 Å². The summed E-state index contributed by atoms with van der Waals surface area (Å²) in [6, 6.07) is 7.23. The largest absolute Gasteiger partial charge is 0.372 e. The third-order valence-corrected chi connectivity index (χ3v) is 3.73. The maximum atomic E-state index is 12.5. The van der Waals surface area contributed by atoms with E-state index >= 15 is 0 Å². The van der Waals surface area contributed by atoms with Gasteiger partial charge in [0.05, 0.1) is 24.1 Å². The molecule has 1 aliphatic rings. The van der Waals surface area contributed by atoms with Crippen LogP contribution in [0.4, 0.5) is 0 Å². The van der Waals surface area contributed by atoms with Crippen molar-refractivity contribution >= 4 is 17.5 Å². The first-order valence-electron chi connectivity index (χ1n) is 7.16. The number of carbonyl (C=O) groups excluding carboxylic acids is 1. The number of aromatic nitrogens is 3. The molecule has 7 heteroatoms. The minimum atomic E-state index is -0.129. The molecule has 2 atom stereocenters. The molecule has 0 aliphatic carbocycles. The van der Waals surface area contributed by atoms with Crippen LogP contribution in [0.2, 0.25) is 5.02 Å². The molecule has 6 nitrogen and oxygen atoms in total. The SMILES string of the molecule is C[C@@H]1CN(C(=O)c2cn(-c3cccc(Cl)c3)nn2)C[C@H](C)O1. The van der Waals surface area contributed by atoms with E-state index in [-0.39, 0.29) is 18.1 Å². The van der Waals surface area contributed by atoms with Crippen molar-refractivity contribution in [1.82, 2.24) is 19.9 Å². The van der Waals surface area contributed by atoms with Crippen molar-refractivity contribution in [2.75, 3.05) is 13.1 Å². The van der Waals surface area contributed by atoms with Crippen LogP contribution in [-0.4, -0.2) is 51.1 Å². The molecule has 1 fully saturated rings. The van der Waals surface area contributed by atoms with Gasteiger partial charge < -0.3 is 9.64 Å². The Morgan fingerprint density at radius 3 is 2.73 bits per heavy atom. The van der Waals surface area contributed by atoms with E-state index in [0.29, 0.717) is 23.8 Å². The number of carbonyl (C=O) groups is 1. The topological polar surface area (TPSA) is 60.2 Å². The highest BCUT2D eigenvalue weighted by Crippen LogP contribution is 2.16. The first kappa shape index (κ1) is 15.0. The Bertz CT molecular complexity index is 678. The zero-order valence-corrected chi connectivity index (χ0v) is 13.2. The van der Waals surface area contributed by atoms with Crippen molar-refractivity contribution in [2.24, 2.45) is 0 Å². The third-order valence-electron chi connectivity index (χ3n) is 3.49. The highest BCUT2D eigenvalue weighted by molar-refractivity contribution is 6.30. The van der Waals surface area contributed by atoms with Crippen LogP contribution in [0.15, 0.2) is 30.5 Å². The molecule has 22 heavy (non-hydrogen) atoms. The molecule has 2 aromatic rings. The molecule has 1 saturated heterocycles. The summed E-state index contributed by atoms with van der Waals surface area (Å²) in [5, 5.41) is 8.60. The molecule has 1 aromatic heterocycles. The quantitative estimate of drug-likeness (QED) is 0.851. The summed E-state index contributed by atoms with van der Waals surface area (Å²) in [6.07, 6.45) is 1.67. The number of morpholine rings is 1. The molecule has 1 aliphatic heterocycles. The number of rotatable bonds is 2. The van der Waals surface area contributed by atoms with Gasteiger partial charge in [0.25, 0.3) is 5.91 Å². The first-order valence-corrected chi connectivity index (χ1v) is 7.54. The predicted octanol–water partition coefficient (Wildman–Crippen LogP) is 2.17. The van der Waals surface area contributed by atoms with Gasteiger partial charge in [0.1, 0.15) is 0 Å². The van der Waals surface area contributed by atoms with Gasteiger partial charge >= 0.3 is 0 Å². The van der Waals surface area contributed by atoms with Crippen LogP contribution in [0, 0.1) is 0 Å². The minimum absolute atomic E-state index is 0.0238. The average molecular weight is 321 g/mol. The molecule has 1 aromatic carbocycles. The number of nitrogens with zero attached hydrogens (tertiary/aromatic N) is 4. The second-order valence-electron chi connectivity index (χ2n) is 5.50. The molecule has 0 saturated carbocycles. The second-order valence-corrected chi connectivity index (χ2v) is 5.93. The zero-order valence-electron chi connectivity index (χ0n) is 12.4. The van der Waals surface area contributed by atoms with Crippen LogP contribution >= 0.6 is 11.6 Å². The van der Waals surface area contributed by atoms with Crippen LogP contribution in [0.1, 0.15) is 24.3 Å². The van der Waals surface area contributed by atoms with E-state index in [1.165, 1.54) is 0 Å². The fourth-order valence-corrected chi connectivity index (χ4v) is 2.80. The molecule has 0 radical (unpaired) electrons. The van der Waals surface area contributed by atoms with Gasteiger partial charge in [-0.15, -0.1) is 5.10 Å². The van der Waals surface area contributed by atoms with Crippen LogP contribution < -0.4 is 0 Å². The molecule has 1 amide bonds.